The van der Waals surface area contributed by atoms with Crippen molar-refractivity contribution in [2.45, 2.75) is 169 Å². The molecule has 0 saturated heterocycles. The fourth-order valence-electron chi connectivity index (χ4n) is 5.43. The number of aryl methyl sites for hydroxylation is 4. The Balaban J connectivity index is 0.000000762. The molecule has 0 saturated carbocycles. The molecule has 0 N–H and O–H groups in total. The van der Waals surface area contributed by atoms with Gasteiger partial charge >= 0.3 is 48.9 Å². The summed E-state index contributed by atoms with van der Waals surface area (Å²) in [6.45, 7) is 8.35. The molecule has 0 aliphatic carbocycles. The minimum Gasteiger partial charge on any atom is -0.872 e. The SMILES string of the molecule is CCCCCCCCCCCCc1cccc(C)c1[O-].CCCCCCCCCCCCc1cccc(C)c1[O-].[Ba+2]. The first kappa shape index (κ1) is 40.6. The molecule has 41 heavy (non-hydrogen) atoms. The van der Waals surface area contributed by atoms with Gasteiger partial charge in [-0.1, -0.05) is 188 Å². The van der Waals surface area contributed by atoms with Crippen molar-refractivity contribution in [1.29, 1.82) is 0 Å². The van der Waals surface area contributed by atoms with E-state index in [1.165, 1.54) is 116 Å². The molecule has 0 aliphatic rings. The summed E-state index contributed by atoms with van der Waals surface area (Å²) in [7, 11) is 0. The van der Waals surface area contributed by atoms with Crippen molar-refractivity contribution in [1.82, 2.24) is 0 Å². The summed E-state index contributed by atoms with van der Waals surface area (Å²) in [4.78, 5) is 0. The van der Waals surface area contributed by atoms with Gasteiger partial charge < -0.3 is 10.2 Å². The predicted octanol–water partition coefficient (Wildman–Crippen LogP) is 10.7. The summed E-state index contributed by atoms with van der Waals surface area (Å²) in [5.41, 5.74) is 3.78. The van der Waals surface area contributed by atoms with Gasteiger partial charge in [0.2, 0.25) is 0 Å². The maximum atomic E-state index is 11.9. The van der Waals surface area contributed by atoms with Gasteiger partial charge in [0.1, 0.15) is 0 Å². The zero-order valence-corrected chi connectivity index (χ0v) is 32.0. The van der Waals surface area contributed by atoms with Gasteiger partial charge in [-0.15, -0.1) is 11.5 Å². The van der Waals surface area contributed by atoms with Gasteiger partial charge in [0.25, 0.3) is 0 Å². The van der Waals surface area contributed by atoms with Crippen molar-refractivity contribution in [3.63, 3.8) is 0 Å². The van der Waals surface area contributed by atoms with E-state index in [1.807, 2.05) is 50.2 Å². The Kier molecular flexibility index (Phi) is 28.1. The van der Waals surface area contributed by atoms with Gasteiger partial charge in [0.05, 0.1) is 0 Å². The fourth-order valence-corrected chi connectivity index (χ4v) is 5.43. The Labute approximate surface area is 295 Å². The second kappa shape index (κ2) is 28.4. The van der Waals surface area contributed by atoms with Crippen molar-refractivity contribution in [3.8, 4) is 11.5 Å². The van der Waals surface area contributed by atoms with Gasteiger partial charge in [-0.25, -0.2) is 0 Å². The van der Waals surface area contributed by atoms with E-state index in [1.54, 1.807) is 0 Å². The van der Waals surface area contributed by atoms with E-state index in [9.17, 15) is 10.2 Å². The summed E-state index contributed by atoms with van der Waals surface area (Å²) in [6.07, 6.45) is 28.9. The zero-order valence-electron chi connectivity index (χ0n) is 27.5. The maximum Gasteiger partial charge on any atom is 2.00 e. The average molecular weight is 688 g/mol. The predicted molar refractivity (Wildman–Crippen MR) is 178 cm³/mol. The van der Waals surface area contributed by atoms with Crippen LogP contribution < -0.4 is 10.2 Å². The molecule has 2 aromatic carbocycles. The molecule has 0 heterocycles. The van der Waals surface area contributed by atoms with E-state index >= 15 is 0 Å². The summed E-state index contributed by atoms with van der Waals surface area (Å²) in [6, 6.07) is 11.8. The first-order chi connectivity index (χ1) is 19.5. The molecule has 0 atom stereocenters. The van der Waals surface area contributed by atoms with E-state index in [0.717, 1.165) is 47.9 Å². The Morgan fingerprint density at radius 3 is 0.976 bits per heavy atom. The van der Waals surface area contributed by atoms with Crippen LogP contribution in [0.1, 0.15) is 165 Å². The minimum absolute atomic E-state index is 0. The first-order valence-electron chi connectivity index (χ1n) is 17.0. The van der Waals surface area contributed by atoms with Gasteiger partial charge in [-0.05, 0) is 39.5 Å². The second-order valence-electron chi connectivity index (χ2n) is 12.0. The summed E-state index contributed by atoms with van der Waals surface area (Å²) >= 11 is 0. The molecule has 0 bridgehead atoms. The van der Waals surface area contributed by atoms with E-state index in [4.69, 9.17) is 0 Å². The molecular formula is C38H62BaO2. The number of hydrogen-bond acceptors (Lipinski definition) is 2. The van der Waals surface area contributed by atoms with Crippen LogP contribution in [0.4, 0.5) is 0 Å². The second-order valence-corrected chi connectivity index (χ2v) is 12.0. The van der Waals surface area contributed by atoms with Crippen LogP contribution in [0.2, 0.25) is 0 Å². The molecule has 0 fully saturated rings. The number of para-hydroxylation sites is 2. The molecule has 2 nitrogen and oxygen atoms in total. The largest absolute Gasteiger partial charge is 2.00 e. The number of unbranched alkanes of at least 4 members (excludes halogenated alkanes) is 18. The standard InChI is InChI=1S/2C19H32O.Ba/c2*1-3-4-5-6-7-8-9-10-11-12-15-18-16-13-14-17(2)19(18)20;/h2*13-14,16,20H,3-12,15H2,1-2H3;/q;;+2/p-2. The third-order valence-corrected chi connectivity index (χ3v) is 8.19. The molecule has 228 valence electrons. The van der Waals surface area contributed by atoms with Gasteiger partial charge in [-0.3, -0.25) is 0 Å². The van der Waals surface area contributed by atoms with Crippen LogP contribution in [0.5, 0.6) is 11.5 Å². The normalized spacial score (nSPS) is 10.6. The van der Waals surface area contributed by atoms with Crippen molar-refractivity contribution >= 4 is 48.9 Å². The van der Waals surface area contributed by atoms with Crippen LogP contribution in [0, 0.1) is 13.8 Å². The first-order valence-corrected chi connectivity index (χ1v) is 17.0. The average Bonchev–Trinajstić information content (AvgIpc) is 2.95. The molecule has 2 aromatic rings. The molecular weight excluding hydrogens is 626 g/mol. The number of hydrogen-bond donors (Lipinski definition) is 0. The van der Waals surface area contributed by atoms with Crippen LogP contribution >= 0.6 is 0 Å². The Morgan fingerprint density at radius 1 is 0.415 bits per heavy atom. The third kappa shape index (κ3) is 21.0. The van der Waals surface area contributed by atoms with Crippen LogP contribution in [0.3, 0.4) is 0 Å². The van der Waals surface area contributed by atoms with Crippen LogP contribution in [-0.4, -0.2) is 48.9 Å². The van der Waals surface area contributed by atoms with Crippen molar-refractivity contribution in [2.75, 3.05) is 0 Å². The van der Waals surface area contributed by atoms with Crippen LogP contribution in [0.15, 0.2) is 36.4 Å². The Hall–Kier alpha value is -0.389. The van der Waals surface area contributed by atoms with Gasteiger partial charge in [0, 0.05) is 0 Å². The molecule has 0 radical (unpaired) electrons. The van der Waals surface area contributed by atoms with Gasteiger partial charge in [0.15, 0.2) is 0 Å². The van der Waals surface area contributed by atoms with Gasteiger partial charge in [-0.2, -0.15) is 0 Å². The number of rotatable bonds is 22. The topological polar surface area (TPSA) is 46.1 Å². The molecule has 2 rings (SSSR count). The molecule has 0 amide bonds. The Bertz CT molecular complexity index is 792. The van der Waals surface area contributed by atoms with Crippen molar-refractivity contribution in [2.24, 2.45) is 0 Å². The van der Waals surface area contributed by atoms with Crippen molar-refractivity contribution in [3.05, 3.63) is 58.7 Å². The molecule has 0 spiro atoms. The fraction of sp³-hybridized carbons (Fsp3) is 0.684. The monoisotopic (exact) mass is 688 g/mol. The van der Waals surface area contributed by atoms with E-state index in [0.29, 0.717) is 0 Å². The Morgan fingerprint density at radius 2 is 0.683 bits per heavy atom. The maximum absolute atomic E-state index is 11.9. The molecule has 3 heteroatoms. The van der Waals surface area contributed by atoms with Crippen molar-refractivity contribution < 1.29 is 10.2 Å². The third-order valence-electron chi connectivity index (χ3n) is 8.19. The van der Waals surface area contributed by atoms with Crippen LogP contribution in [0.25, 0.3) is 0 Å². The van der Waals surface area contributed by atoms with E-state index in [-0.39, 0.29) is 60.4 Å². The van der Waals surface area contributed by atoms with Crippen LogP contribution in [-0.2, 0) is 12.8 Å². The molecule has 0 unspecified atom stereocenters. The summed E-state index contributed by atoms with van der Waals surface area (Å²) in [5, 5.41) is 23.7. The zero-order chi connectivity index (χ0) is 29.3. The number of benzene rings is 2. The minimum atomic E-state index is 0. The molecule has 0 aliphatic heterocycles. The quantitative estimate of drug-likeness (QED) is 0.0913. The molecule has 0 aromatic heterocycles. The van der Waals surface area contributed by atoms with E-state index < -0.39 is 0 Å². The van der Waals surface area contributed by atoms with E-state index in [2.05, 4.69) is 13.8 Å². The summed E-state index contributed by atoms with van der Waals surface area (Å²) in [5.74, 6) is 0.506. The smallest absolute Gasteiger partial charge is 0.872 e. The summed E-state index contributed by atoms with van der Waals surface area (Å²) < 4.78 is 0.